The van der Waals surface area contributed by atoms with Gasteiger partial charge in [-0.3, -0.25) is 0 Å². The van der Waals surface area contributed by atoms with Crippen LogP contribution in [-0.2, 0) is 12.8 Å². The number of halogens is 3. The fraction of sp³-hybridized carbons (Fsp3) is 0.294. The van der Waals surface area contributed by atoms with Crippen LogP contribution in [0.25, 0.3) is 0 Å². The van der Waals surface area contributed by atoms with Crippen LogP contribution in [0.2, 0.25) is 5.02 Å². The molecule has 0 fully saturated rings. The second-order valence-corrected chi connectivity index (χ2v) is 8.25. The lowest BCUT2D eigenvalue weighted by Crippen LogP contribution is -2.31. The average molecular weight is 539 g/mol. The molecular formula is C17H17ClI2N2. The summed E-state index contributed by atoms with van der Waals surface area (Å²) in [6.07, 6.45) is 2.07. The number of hydrogen-bond donors (Lipinski definition) is 2. The minimum absolute atomic E-state index is 0.342. The van der Waals surface area contributed by atoms with Gasteiger partial charge < -0.3 is 10.6 Å². The summed E-state index contributed by atoms with van der Waals surface area (Å²) in [7, 11) is 1.97. The molecule has 1 aliphatic heterocycles. The van der Waals surface area contributed by atoms with Crippen molar-refractivity contribution < 1.29 is 0 Å². The molecule has 5 heteroatoms. The predicted octanol–water partition coefficient (Wildman–Crippen LogP) is 5.02. The normalized spacial score (nSPS) is 17.2. The maximum Gasteiger partial charge on any atom is 0.0609 e. The van der Waals surface area contributed by atoms with Gasteiger partial charge in [0.1, 0.15) is 0 Å². The van der Waals surface area contributed by atoms with E-state index in [1.807, 2.05) is 13.1 Å². The summed E-state index contributed by atoms with van der Waals surface area (Å²) in [6, 6.07) is 11.2. The largest absolute Gasteiger partial charge is 0.386 e. The highest BCUT2D eigenvalue weighted by Crippen LogP contribution is 2.31. The molecular weight excluding hydrogens is 521 g/mol. The Balaban J connectivity index is 1.90. The monoisotopic (exact) mass is 538 g/mol. The molecule has 2 N–H and O–H groups in total. The second kappa shape index (κ2) is 7.23. The first-order valence-electron chi connectivity index (χ1n) is 7.26. The lowest BCUT2D eigenvalue weighted by Gasteiger charge is -2.27. The van der Waals surface area contributed by atoms with E-state index >= 15 is 0 Å². The van der Waals surface area contributed by atoms with Crippen molar-refractivity contribution in [3.8, 4) is 0 Å². The third-order valence-corrected chi connectivity index (χ3v) is 6.00. The molecule has 1 unspecified atom stereocenters. The standard InChI is InChI=1S/C17H17ClI2N2/c1-21-17-14(19)6-10(7-15(17)20)8-16-13-9-12(18)3-2-11(13)4-5-22-16/h2-3,6-7,9,16,21-22H,4-5,8H2,1H3. The molecule has 3 rings (SSSR count). The van der Waals surface area contributed by atoms with Crippen LogP contribution >= 0.6 is 56.8 Å². The van der Waals surface area contributed by atoms with E-state index in [4.69, 9.17) is 11.6 Å². The molecule has 22 heavy (non-hydrogen) atoms. The Kier molecular flexibility index (Phi) is 5.52. The molecule has 0 aliphatic carbocycles. The van der Waals surface area contributed by atoms with Gasteiger partial charge in [-0.05, 0) is 106 Å². The van der Waals surface area contributed by atoms with Crippen LogP contribution in [0.1, 0.15) is 22.7 Å². The van der Waals surface area contributed by atoms with Crippen LogP contribution in [0, 0.1) is 7.14 Å². The lowest BCUT2D eigenvalue weighted by atomic mass is 9.90. The highest BCUT2D eigenvalue weighted by molar-refractivity contribution is 14.1. The van der Waals surface area contributed by atoms with E-state index in [0.717, 1.165) is 24.4 Å². The summed E-state index contributed by atoms with van der Waals surface area (Å²) in [5.74, 6) is 0. The van der Waals surface area contributed by atoms with Crippen LogP contribution in [-0.4, -0.2) is 13.6 Å². The molecule has 2 nitrogen and oxygen atoms in total. The molecule has 0 saturated heterocycles. The third kappa shape index (κ3) is 3.55. The van der Waals surface area contributed by atoms with Crippen molar-refractivity contribution >= 4 is 62.5 Å². The van der Waals surface area contributed by atoms with E-state index in [0.29, 0.717) is 6.04 Å². The van der Waals surface area contributed by atoms with Crippen molar-refractivity contribution in [2.24, 2.45) is 0 Å². The maximum atomic E-state index is 6.20. The lowest BCUT2D eigenvalue weighted by molar-refractivity contribution is 0.502. The van der Waals surface area contributed by atoms with Crippen molar-refractivity contribution in [1.82, 2.24) is 5.32 Å². The number of benzene rings is 2. The molecule has 0 spiro atoms. The summed E-state index contributed by atoms with van der Waals surface area (Å²) >= 11 is 11.0. The van der Waals surface area contributed by atoms with E-state index in [2.05, 4.69) is 80.1 Å². The smallest absolute Gasteiger partial charge is 0.0609 e. The van der Waals surface area contributed by atoms with Gasteiger partial charge in [0.05, 0.1) is 5.69 Å². The topological polar surface area (TPSA) is 24.1 Å². The second-order valence-electron chi connectivity index (χ2n) is 5.49. The Hall–Kier alpha value is -0.0500. The summed E-state index contributed by atoms with van der Waals surface area (Å²) in [5, 5.41) is 7.73. The highest BCUT2D eigenvalue weighted by Gasteiger charge is 2.21. The first-order chi connectivity index (χ1) is 10.6. The predicted molar refractivity (Wildman–Crippen MR) is 111 cm³/mol. The van der Waals surface area contributed by atoms with Gasteiger partial charge in [0.15, 0.2) is 0 Å². The Morgan fingerprint density at radius 1 is 1.23 bits per heavy atom. The molecule has 116 valence electrons. The maximum absolute atomic E-state index is 6.20. The Morgan fingerprint density at radius 3 is 2.64 bits per heavy atom. The van der Waals surface area contributed by atoms with Gasteiger partial charge in [0.25, 0.3) is 0 Å². The molecule has 0 amide bonds. The van der Waals surface area contributed by atoms with Gasteiger partial charge in [-0.15, -0.1) is 0 Å². The average Bonchev–Trinajstić information content (AvgIpc) is 2.47. The molecule has 1 heterocycles. The molecule has 0 bridgehead atoms. The Bertz CT molecular complexity index is 680. The number of rotatable bonds is 3. The molecule has 0 saturated carbocycles. The van der Waals surface area contributed by atoms with Crippen molar-refractivity contribution in [2.45, 2.75) is 18.9 Å². The van der Waals surface area contributed by atoms with Gasteiger partial charge >= 0.3 is 0 Å². The van der Waals surface area contributed by atoms with E-state index in [1.54, 1.807) is 0 Å². The quantitative estimate of drug-likeness (QED) is 0.537. The minimum Gasteiger partial charge on any atom is -0.386 e. The number of fused-ring (bicyclic) bond motifs is 1. The summed E-state index contributed by atoms with van der Waals surface area (Å²) in [6.45, 7) is 1.03. The fourth-order valence-electron chi connectivity index (χ4n) is 3.01. The summed E-state index contributed by atoms with van der Waals surface area (Å²) in [4.78, 5) is 0. The van der Waals surface area contributed by atoms with Crippen molar-refractivity contribution in [1.29, 1.82) is 0 Å². The SMILES string of the molecule is CNc1c(I)cc(CC2NCCc3ccc(Cl)cc32)cc1I. The van der Waals surface area contributed by atoms with Crippen LogP contribution in [0.5, 0.6) is 0 Å². The van der Waals surface area contributed by atoms with E-state index in [9.17, 15) is 0 Å². The molecule has 2 aromatic rings. The Morgan fingerprint density at radius 2 is 1.95 bits per heavy atom. The van der Waals surface area contributed by atoms with Gasteiger partial charge in [0.2, 0.25) is 0 Å². The number of nitrogens with one attached hydrogen (secondary N) is 2. The number of hydrogen-bond acceptors (Lipinski definition) is 2. The van der Waals surface area contributed by atoms with Crippen LogP contribution < -0.4 is 10.6 Å². The molecule has 0 radical (unpaired) electrons. The van der Waals surface area contributed by atoms with E-state index < -0.39 is 0 Å². The van der Waals surface area contributed by atoms with E-state index in [-0.39, 0.29) is 0 Å². The van der Waals surface area contributed by atoms with Crippen LogP contribution in [0.4, 0.5) is 5.69 Å². The first kappa shape index (κ1) is 16.8. The molecule has 2 aromatic carbocycles. The third-order valence-electron chi connectivity index (χ3n) is 4.06. The zero-order chi connectivity index (χ0) is 15.7. The molecule has 1 aliphatic rings. The highest BCUT2D eigenvalue weighted by atomic mass is 127. The molecule has 0 aromatic heterocycles. The van der Waals surface area contributed by atoms with Gasteiger partial charge in [-0.1, -0.05) is 17.7 Å². The molecule has 1 atom stereocenters. The summed E-state index contributed by atoms with van der Waals surface area (Å²) in [5.41, 5.74) is 5.34. The first-order valence-corrected chi connectivity index (χ1v) is 9.79. The minimum atomic E-state index is 0.342. The fourth-order valence-corrected chi connectivity index (χ4v) is 5.63. The van der Waals surface area contributed by atoms with Crippen molar-refractivity contribution in [3.63, 3.8) is 0 Å². The van der Waals surface area contributed by atoms with Gasteiger partial charge in [0, 0.05) is 25.3 Å². The van der Waals surface area contributed by atoms with Gasteiger partial charge in [-0.25, -0.2) is 0 Å². The zero-order valence-corrected chi connectivity index (χ0v) is 17.3. The summed E-state index contributed by atoms with van der Waals surface area (Å²) < 4.78 is 2.54. The van der Waals surface area contributed by atoms with Gasteiger partial charge in [-0.2, -0.15) is 0 Å². The van der Waals surface area contributed by atoms with Crippen molar-refractivity contribution in [3.05, 3.63) is 59.2 Å². The van der Waals surface area contributed by atoms with Crippen LogP contribution in [0.15, 0.2) is 30.3 Å². The van der Waals surface area contributed by atoms with E-state index in [1.165, 1.54) is 29.5 Å². The zero-order valence-electron chi connectivity index (χ0n) is 12.2. The number of anilines is 1. The van der Waals surface area contributed by atoms with Crippen molar-refractivity contribution in [2.75, 3.05) is 18.9 Å². The van der Waals surface area contributed by atoms with Crippen LogP contribution in [0.3, 0.4) is 0 Å². The Labute approximate surface area is 163 Å².